The summed E-state index contributed by atoms with van der Waals surface area (Å²) in [7, 11) is 0. The van der Waals surface area contributed by atoms with Crippen molar-refractivity contribution in [1.82, 2.24) is 0 Å². The van der Waals surface area contributed by atoms with Gasteiger partial charge in [-0.15, -0.1) is 5.11 Å². The van der Waals surface area contributed by atoms with E-state index in [1.54, 1.807) is 18.0 Å². The molecule has 4 heteroatoms. The van der Waals surface area contributed by atoms with Gasteiger partial charge >= 0.3 is 0 Å². The van der Waals surface area contributed by atoms with Crippen molar-refractivity contribution in [3.05, 3.63) is 41.4 Å². The van der Waals surface area contributed by atoms with E-state index in [0.29, 0.717) is 4.99 Å². The second-order valence-electron chi connectivity index (χ2n) is 2.43. The molecule has 0 unspecified atom stereocenters. The van der Waals surface area contributed by atoms with E-state index in [-0.39, 0.29) is 0 Å². The van der Waals surface area contributed by atoms with Gasteiger partial charge in [-0.25, -0.2) is 0 Å². The second kappa shape index (κ2) is 3.81. The number of thiocarbonyl (C=S) groups is 1. The summed E-state index contributed by atoms with van der Waals surface area (Å²) in [5, 5.41) is 7.50. The summed E-state index contributed by atoms with van der Waals surface area (Å²) in [6.45, 7) is 0. The highest BCUT2D eigenvalue weighted by molar-refractivity contribution is 8.05. The Labute approximate surface area is 85.8 Å². The minimum Gasteiger partial charge on any atom is -0.156 e. The lowest BCUT2D eigenvalue weighted by Crippen LogP contribution is -1.85. The molecular formula is C9H6N2S2. The van der Waals surface area contributed by atoms with Crippen molar-refractivity contribution in [2.45, 2.75) is 4.90 Å². The van der Waals surface area contributed by atoms with Gasteiger partial charge in [0.1, 0.15) is 0 Å². The van der Waals surface area contributed by atoms with Gasteiger partial charge in [-0.3, -0.25) is 0 Å². The zero-order chi connectivity index (χ0) is 9.10. The zero-order valence-electron chi connectivity index (χ0n) is 6.68. The van der Waals surface area contributed by atoms with E-state index in [9.17, 15) is 0 Å². The Morgan fingerprint density at radius 3 is 2.54 bits per heavy atom. The second-order valence-corrected chi connectivity index (χ2v) is 3.93. The average Bonchev–Trinajstić information content (AvgIpc) is 2.54. The lowest BCUT2D eigenvalue weighted by molar-refractivity contribution is 1.34. The van der Waals surface area contributed by atoms with Gasteiger partial charge in [-0.05, 0) is 12.1 Å². The van der Waals surface area contributed by atoms with Crippen LogP contribution in [0.3, 0.4) is 0 Å². The van der Waals surface area contributed by atoms with Gasteiger partial charge in [0.25, 0.3) is 0 Å². The van der Waals surface area contributed by atoms with Crippen molar-refractivity contribution >= 4 is 29.0 Å². The lowest BCUT2D eigenvalue weighted by atomic mass is 10.4. The topological polar surface area (TPSA) is 24.7 Å². The molecule has 0 atom stereocenters. The number of azo groups is 1. The maximum atomic E-state index is 4.99. The van der Waals surface area contributed by atoms with Crippen LogP contribution in [0.25, 0.3) is 0 Å². The first-order valence-electron chi connectivity index (χ1n) is 3.74. The van der Waals surface area contributed by atoms with Crippen LogP contribution in [0.2, 0.25) is 0 Å². The summed E-state index contributed by atoms with van der Waals surface area (Å²) in [6.07, 6.45) is 1.69. The number of hydrogen-bond donors (Lipinski definition) is 0. The maximum Gasteiger partial charge on any atom is 0.164 e. The summed E-state index contributed by atoms with van der Waals surface area (Å²) in [6, 6.07) is 10.0. The fraction of sp³-hybridized carbons (Fsp3) is 0. The molecular weight excluding hydrogens is 200 g/mol. The molecule has 2 rings (SSSR count). The third-order valence-electron chi connectivity index (χ3n) is 1.51. The van der Waals surface area contributed by atoms with Crippen LogP contribution in [-0.2, 0) is 0 Å². The maximum absolute atomic E-state index is 4.99. The van der Waals surface area contributed by atoms with E-state index in [1.165, 1.54) is 0 Å². The number of thioether (sulfide) groups is 1. The molecule has 1 aliphatic heterocycles. The van der Waals surface area contributed by atoms with Crippen LogP contribution in [0.4, 0.5) is 0 Å². The molecule has 0 saturated carbocycles. The van der Waals surface area contributed by atoms with Crippen molar-refractivity contribution in [3.63, 3.8) is 0 Å². The van der Waals surface area contributed by atoms with E-state index in [1.807, 2.05) is 30.3 Å². The molecule has 0 bridgehead atoms. The predicted molar refractivity (Wildman–Crippen MR) is 57.8 cm³/mol. The molecule has 0 spiro atoms. The SMILES string of the molecule is S=C1N=NC=C1Sc1ccccc1. The molecule has 0 radical (unpaired) electrons. The Balaban J connectivity index is 2.12. The predicted octanol–water partition coefficient (Wildman–Crippen LogP) is 3.41. The smallest absolute Gasteiger partial charge is 0.156 e. The normalized spacial score (nSPS) is 14.8. The molecule has 0 fully saturated rings. The van der Waals surface area contributed by atoms with Crippen LogP contribution in [0.5, 0.6) is 0 Å². The van der Waals surface area contributed by atoms with Gasteiger partial charge in [0.15, 0.2) is 4.99 Å². The number of rotatable bonds is 2. The quantitative estimate of drug-likeness (QED) is 0.693. The standard InChI is InChI=1S/C9H6N2S2/c12-9-8(6-10-11-9)13-7-4-2-1-3-5-7/h1-6H. The zero-order valence-corrected chi connectivity index (χ0v) is 8.31. The van der Waals surface area contributed by atoms with Crippen molar-refractivity contribution in [2.75, 3.05) is 0 Å². The summed E-state index contributed by atoms with van der Waals surface area (Å²) >= 11 is 6.58. The Morgan fingerprint density at radius 2 is 1.92 bits per heavy atom. The molecule has 2 nitrogen and oxygen atoms in total. The molecule has 0 N–H and O–H groups in total. The van der Waals surface area contributed by atoms with Crippen LogP contribution >= 0.6 is 24.0 Å². The third kappa shape index (κ3) is 2.02. The molecule has 64 valence electrons. The molecule has 0 aliphatic carbocycles. The monoisotopic (exact) mass is 206 g/mol. The molecule has 1 aromatic carbocycles. The fourth-order valence-corrected chi connectivity index (χ4v) is 1.92. The molecule has 0 amide bonds. The van der Waals surface area contributed by atoms with E-state index in [0.717, 1.165) is 9.80 Å². The van der Waals surface area contributed by atoms with Gasteiger partial charge in [-0.2, -0.15) is 5.11 Å². The first-order valence-corrected chi connectivity index (χ1v) is 4.97. The first-order chi connectivity index (χ1) is 6.36. The Kier molecular flexibility index (Phi) is 2.52. The Hall–Kier alpha value is -1.00. The van der Waals surface area contributed by atoms with Crippen molar-refractivity contribution in [1.29, 1.82) is 0 Å². The van der Waals surface area contributed by atoms with E-state index >= 15 is 0 Å². The Morgan fingerprint density at radius 1 is 1.15 bits per heavy atom. The van der Waals surface area contributed by atoms with E-state index < -0.39 is 0 Å². The van der Waals surface area contributed by atoms with E-state index in [2.05, 4.69) is 10.2 Å². The van der Waals surface area contributed by atoms with E-state index in [4.69, 9.17) is 12.2 Å². The fourth-order valence-electron chi connectivity index (χ4n) is 0.924. The summed E-state index contributed by atoms with van der Waals surface area (Å²) < 4.78 is 0. The van der Waals surface area contributed by atoms with Crippen LogP contribution < -0.4 is 0 Å². The molecule has 1 aromatic rings. The molecule has 13 heavy (non-hydrogen) atoms. The largest absolute Gasteiger partial charge is 0.164 e. The summed E-state index contributed by atoms with van der Waals surface area (Å²) in [5.74, 6) is 0. The number of hydrogen-bond acceptors (Lipinski definition) is 3. The minimum absolute atomic E-state index is 0.578. The highest BCUT2D eigenvalue weighted by atomic mass is 32.2. The molecule has 0 aromatic heterocycles. The van der Waals surface area contributed by atoms with Gasteiger partial charge in [0, 0.05) is 4.90 Å². The van der Waals surface area contributed by atoms with Gasteiger partial charge in [0.05, 0.1) is 11.1 Å². The van der Waals surface area contributed by atoms with Crippen molar-refractivity contribution < 1.29 is 0 Å². The average molecular weight is 206 g/mol. The Bertz CT molecular complexity index is 382. The summed E-state index contributed by atoms with van der Waals surface area (Å²) in [5.41, 5.74) is 0. The third-order valence-corrected chi connectivity index (χ3v) is 2.96. The van der Waals surface area contributed by atoms with Crippen molar-refractivity contribution in [3.8, 4) is 0 Å². The summed E-state index contributed by atoms with van der Waals surface area (Å²) in [4.78, 5) is 2.68. The van der Waals surface area contributed by atoms with Crippen LogP contribution in [0.1, 0.15) is 0 Å². The van der Waals surface area contributed by atoms with Crippen molar-refractivity contribution in [2.24, 2.45) is 10.2 Å². The highest BCUT2D eigenvalue weighted by Gasteiger charge is 2.10. The van der Waals surface area contributed by atoms with Crippen LogP contribution in [0, 0.1) is 0 Å². The van der Waals surface area contributed by atoms with Gasteiger partial charge < -0.3 is 0 Å². The lowest BCUT2D eigenvalue weighted by Gasteiger charge is -1.98. The molecule has 1 aliphatic rings. The van der Waals surface area contributed by atoms with Gasteiger partial charge in [-0.1, -0.05) is 42.2 Å². The number of nitrogens with zero attached hydrogens (tertiary/aromatic N) is 2. The van der Waals surface area contributed by atoms with Gasteiger partial charge in [0.2, 0.25) is 0 Å². The number of benzene rings is 1. The van der Waals surface area contributed by atoms with Crippen LogP contribution in [0.15, 0.2) is 56.6 Å². The highest BCUT2D eigenvalue weighted by Crippen LogP contribution is 2.30. The molecule has 1 heterocycles. The minimum atomic E-state index is 0.578. The molecule has 0 saturated heterocycles. The first kappa shape index (κ1) is 8.59. The van der Waals surface area contributed by atoms with Crippen LogP contribution in [-0.4, -0.2) is 4.99 Å².